The van der Waals surface area contributed by atoms with Crippen molar-refractivity contribution in [3.8, 4) is 11.5 Å². The van der Waals surface area contributed by atoms with E-state index in [4.69, 9.17) is 4.52 Å². The number of halogens is 1. The molecule has 0 spiro atoms. The fraction of sp³-hybridized carbons (Fsp3) is 0.462. The molecule has 102 valence electrons. The van der Waals surface area contributed by atoms with Gasteiger partial charge in [-0.15, -0.1) is 0 Å². The van der Waals surface area contributed by atoms with E-state index in [9.17, 15) is 0 Å². The molecule has 0 amide bonds. The first kappa shape index (κ1) is 14.1. The molecule has 0 aromatic carbocycles. The van der Waals surface area contributed by atoms with Gasteiger partial charge in [-0.05, 0) is 48.5 Å². The molecule has 2 aromatic heterocycles. The Bertz CT molecular complexity index is 526. The van der Waals surface area contributed by atoms with E-state index in [0.717, 1.165) is 10.9 Å². The molecule has 1 N–H and O–H groups in total. The Morgan fingerprint density at radius 1 is 1.42 bits per heavy atom. The second-order valence-corrected chi connectivity index (χ2v) is 5.33. The maximum absolute atomic E-state index is 5.37. The van der Waals surface area contributed by atoms with Crippen molar-refractivity contribution in [2.75, 3.05) is 7.05 Å². The van der Waals surface area contributed by atoms with Crippen LogP contribution in [0.3, 0.4) is 0 Å². The van der Waals surface area contributed by atoms with Gasteiger partial charge < -0.3 is 9.84 Å². The Labute approximate surface area is 121 Å². The summed E-state index contributed by atoms with van der Waals surface area (Å²) in [5.74, 6) is 1.40. The quantitative estimate of drug-likeness (QED) is 0.915. The van der Waals surface area contributed by atoms with Crippen molar-refractivity contribution in [1.29, 1.82) is 0 Å². The highest BCUT2D eigenvalue weighted by molar-refractivity contribution is 9.10. The molecular formula is C13H17BrN4O. The lowest BCUT2D eigenvalue weighted by molar-refractivity contribution is 0.322. The minimum atomic E-state index is 0.210. The van der Waals surface area contributed by atoms with Crippen molar-refractivity contribution in [1.82, 2.24) is 20.4 Å². The molecule has 2 heterocycles. The minimum Gasteiger partial charge on any atom is -0.339 e. The summed E-state index contributed by atoms with van der Waals surface area (Å²) in [7, 11) is 1.93. The third-order valence-corrected chi connectivity index (χ3v) is 3.68. The second-order valence-electron chi connectivity index (χ2n) is 4.41. The van der Waals surface area contributed by atoms with Gasteiger partial charge in [0.15, 0.2) is 0 Å². The van der Waals surface area contributed by atoms with Gasteiger partial charge in [0.25, 0.3) is 0 Å². The van der Waals surface area contributed by atoms with Crippen molar-refractivity contribution in [3.05, 3.63) is 28.7 Å². The molecule has 0 radical (unpaired) electrons. The lowest BCUT2D eigenvalue weighted by Gasteiger charge is -2.17. The summed E-state index contributed by atoms with van der Waals surface area (Å²) in [4.78, 5) is 8.72. The molecule has 5 nitrogen and oxygen atoms in total. The molecule has 0 aliphatic heterocycles. The Morgan fingerprint density at radius 2 is 2.21 bits per heavy atom. The van der Waals surface area contributed by atoms with Gasteiger partial charge in [0, 0.05) is 16.7 Å². The van der Waals surface area contributed by atoms with Crippen LogP contribution < -0.4 is 5.32 Å². The largest absolute Gasteiger partial charge is 0.339 e. The van der Waals surface area contributed by atoms with Crippen LogP contribution in [-0.4, -0.2) is 28.2 Å². The van der Waals surface area contributed by atoms with Crippen LogP contribution in [0.25, 0.3) is 11.5 Å². The average molecular weight is 325 g/mol. The summed E-state index contributed by atoms with van der Waals surface area (Å²) in [6.07, 6.45) is 2.66. The maximum atomic E-state index is 5.37. The zero-order valence-electron chi connectivity index (χ0n) is 11.2. The first-order valence-corrected chi connectivity index (χ1v) is 7.07. The number of rotatable bonds is 5. The third kappa shape index (κ3) is 3.19. The smallest absolute Gasteiger partial charge is 0.231 e. The van der Waals surface area contributed by atoms with E-state index in [2.05, 4.69) is 50.2 Å². The number of pyridine rings is 1. The monoisotopic (exact) mass is 324 g/mol. The van der Waals surface area contributed by atoms with E-state index in [1.165, 1.54) is 0 Å². The molecule has 19 heavy (non-hydrogen) atoms. The van der Waals surface area contributed by atoms with Gasteiger partial charge in [-0.25, -0.2) is 0 Å². The lowest BCUT2D eigenvalue weighted by atomic mass is 9.98. The van der Waals surface area contributed by atoms with Gasteiger partial charge in [-0.1, -0.05) is 12.1 Å². The molecule has 2 rings (SSSR count). The molecule has 0 aliphatic rings. The fourth-order valence-corrected chi connectivity index (χ4v) is 2.18. The SMILES string of the molecule is CCC(c1nc(-c2ccc(Br)cn2)no1)C(C)NC. The Kier molecular flexibility index (Phi) is 4.66. The Hall–Kier alpha value is -1.27. The van der Waals surface area contributed by atoms with Gasteiger partial charge >= 0.3 is 0 Å². The van der Waals surface area contributed by atoms with Crippen molar-refractivity contribution < 1.29 is 4.52 Å². The van der Waals surface area contributed by atoms with Gasteiger partial charge in [0.2, 0.25) is 11.7 Å². The highest BCUT2D eigenvalue weighted by Gasteiger charge is 2.23. The maximum Gasteiger partial charge on any atom is 0.231 e. The zero-order valence-corrected chi connectivity index (χ0v) is 12.8. The zero-order chi connectivity index (χ0) is 13.8. The molecule has 0 bridgehead atoms. The van der Waals surface area contributed by atoms with E-state index in [1.807, 2.05) is 19.2 Å². The number of nitrogens with zero attached hydrogens (tertiary/aromatic N) is 3. The number of aromatic nitrogens is 3. The Morgan fingerprint density at radius 3 is 2.79 bits per heavy atom. The number of hydrogen-bond donors (Lipinski definition) is 1. The van der Waals surface area contributed by atoms with Crippen molar-refractivity contribution in [3.63, 3.8) is 0 Å². The summed E-state index contributed by atoms with van der Waals surface area (Å²) in [6, 6.07) is 4.06. The van der Waals surface area contributed by atoms with E-state index in [-0.39, 0.29) is 12.0 Å². The molecule has 0 aliphatic carbocycles. The standard InChI is InChI=1S/C13H17BrN4O/c1-4-10(8(2)15-3)13-17-12(18-19-13)11-6-5-9(14)7-16-11/h5-8,10,15H,4H2,1-3H3. The number of nitrogens with one attached hydrogen (secondary N) is 1. The van der Waals surface area contributed by atoms with E-state index < -0.39 is 0 Å². The summed E-state index contributed by atoms with van der Waals surface area (Å²) >= 11 is 3.35. The van der Waals surface area contributed by atoms with Crippen molar-refractivity contribution in [2.24, 2.45) is 0 Å². The number of likely N-dealkylation sites (N-methyl/N-ethyl adjacent to an activating group) is 1. The first-order valence-electron chi connectivity index (χ1n) is 6.28. The van der Waals surface area contributed by atoms with Gasteiger partial charge in [0.1, 0.15) is 5.69 Å². The van der Waals surface area contributed by atoms with Gasteiger partial charge in [0.05, 0.1) is 5.92 Å². The summed E-state index contributed by atoms with van der Waals surface area (Å²) < 4.78 is 6.30. The minimum absolute atomic E-state index is 0.210. The van der Waals surface area contributed by atoms with Crippen LogP contribution in [0.4, 0.5) is 0 Å². The molecule has 2 aromatic rings. The summed E-state index contributed by atoms with van der Waals surface area (Å²) in [6.45, 7) is 4.22. The molecule has 2 unspecified atom stereocenters. The predicted octanol–water partition coefficient (Wildman–Crippen LogP) is 3.00. The highest BCUT2D eigenvalue weighted by Crippen LogP contribution is 2.24. The normalized spacial score (nSPS) is 14.3. The van der Waals surface area contributed by atoms with Crippen LogP contribution >= 0.6 is 15.9 Å². The molecule has 2 atom stereocenters. The highest BCUT2D eigenvalue weighted by atomic mass is 79.9. The van der Waals surface area contributed by atoms with Gasteiger partial charge in [-0.3, -0.25) is 4.98 Å². The van der Waals surface area contributed by atoms with E-state index in [0.29, 0.717) is 17.4 Å². The van der Waals surface area contributed by atoms with Gasteiger partial charge in [-0.2, -0.15) is 4.98 Å². The average Bonchev–Trinajstić information content (AvgIpc) is 2.89. The van der Waals surface area contributed by atoms with Crippen LogP contribution in [0.15, 0.2) is 27.3 Å². The molecule has 6 heteroatoms. The van der Waals surface area contributed by atoms with Crippen LogP contribution in [0.1, 0.15) is 32.1 Å². The second kappa shape index (κ2) is 6.25. The number of hydrogen-bond acceptors (Lipinski definition) is 5. The van der Waals surface area contributed by atoms with Crippen LogP contribution in [0.5, 0.6) is 0 Å². The van der Waals surface area contributed by atoms with E-state index >= 15 is 0 Å². The predicted molar refractivity (Wildman–Crippen MR) is 76.8 cm³/mol. The molecular weight excluding hydrogens is 308 g/mol. The van der Waals surface area contributed by atoms with Crippen LogP contribution in [0.2, 0.25) is 0 Å². The first-order chi connectivity index (χ1) is 9.15. The molecule has 0 saturated carbocycles. The van der Waals surface area contributed by atoms with E-state index in [1.54, 1.807) is 6.20 Å². The third-order valence-electron chi connectivity index (χ3n) is 3.21. The van der Waals surface area contributed by atoms with Crippen LogP contribution in [-0.2, 0) is 0 Å². The van der Waals surface area contributed by atoms with Crippen molar-refractivity contribution >= 4 is 15.9 Å². The molecule has 0 saturated heterocycles. The summed E-state index contributed by atoms with van der Waals surface area (Å²) in [5, 5.41) is 7.23. The summed E-state index contributed by atoms with van der Waals surface area (Å²) in [5.41, 5.74) is 0.713. The van der Waals surface area contributed by atoms with Crippen molar-refractivity contribution in [2.45, 2.75) is 32.2 Å². The lowest BCUT2D eigenvalue weighted by Crippen LogP contribution is -2.28. The fourth-order valence-electron chi connectivity index (χ4n) is 1.94. The van der Waals surface area contributed by atoms with Crippen LogP contribution in [0, 0.1) is 0 Å². The Balaban J connectivity index is 2.25. The molecule has 0 fully saturated rings. The topological polar surface area (TPSA) is 63.8 Å².